The van der Waals surface area contributed by atoms with Gasteiger partial charge in [0.25, 0.3) is 0 Å². The average Bonchev–Trinajstić information content (AvgIpc) is 3.14. The summed E-state index contributed by atoms with van der Waals surface area (Å²) >= 11 is 7.57. The van der Waals surface area contributed by atoms with Crippen LogP contribution < -0.4 is 4.90 Å². The quantitative estimate of drug-likeness (QED) is 0.451. The molecule has 2 fully saturated rings. The third-order valence-corrected chi connectivity index (χ3v) is 5.95. The largest absolute Gasteiger partial charge is 0.357 e. The van der Waals surface area contributed by atoms with E-state index >= 15 is 0 Å². The number of aromatic nitrogens is 2. The summed E-state index contributed by atoms with van der Waals surface area (Å²) in [5.74, 6) is 1.41. The predicted molar refractivity (Wildman–Crippen MR) is 98.9 cm³/mol. The number of likely N-dealkylation sites (tertiary alicyclic amines) is 1. The molecule has 0 atom stereocenters. The van der Waals surface area contributed by atoms with Crippen LogP contribution in [0.3, 0.4) is 0 Å². The fourth-order valence-electron chi connectivity index (χ4n) is 3.47. The van der Waals surface area contributed by atoms with Crippen molar-refractivity contribution in [2.24, 2.45) is 0 Å². The van der Waals surface area contributed by atoms with Gasteiger partial charge in [-0.1, -0.05) is 42.6 Å². The SMILES string of the molecule is CN(c1cc(Cl)nc(SCC(=O)N2CCCC2)n1)C1CCCCC1. The number of amides is 1. The number of nitrogens with zero attached hydrogens (tertiary/aromatic N) is 4. The molecule has 0 radical (unpaired) electrons. The molecule has 132 valence electrons. The molecule has 0 bridgehead atoms. The van der Waals surface area contributed by atoms with Gasteiger partial charge in [-0.25, -0.2) is 9.97 Å². The predicted octanol–water partition coefficient (Wildman–Crippen LogP) is 3.61. The Labute approximate surface area is 153 Å². The van der Waals surface area contributed by atoms with E-state index in [4.69, 9.17) is 11.6 Å². The highest BCUT2D eigenvalue weighted by Gasteiger charge is 2.21. The third kappa shape index (κ3) is 4.54. The third-order valence-electron chi connectivity index (χ3n) is 4.93. The van der Waals surface area contributed by atoms with Gasteiger partial charge in [0.15, 0.2) is 5.16 Å². The molecule has 2 heterocycles. The van der Waals surface area contributed by atoms with Gasteiger partial charge in [0.05, 0.1) is 5.75 Å². The van der Waals surface area contributed by atoms with Gasteiger partial charge < -0.3 is 9.80 Å². The van der Waals surface area contributed by atoms with E-state index in [1.54, 1.807) is 0 Å². The Morgan fingerprint density at radius 1 is 1.25 bits per heavy atom. The molecule has 24 heavy (non-hydrogen) atoms. The summed E-state index contributed by atoms with van der Waals surface area (Å²) < 4.78 is 0. The van der Waals surface area contributed by atoms with Gasteiger partial charge in [-0.05, 0) is 25.7 Å². The maximum absolute atomic E-state index is 12.2. The fourth-order valence-corrected chi connectivity index (χ4v) is 4.45. The number of rotatable bonds is 5. The van der Waals surface area contributed by atoms with E-state index in [0.717, 1.165) is 31.7 Å². The van der Waals surface area contributed by atoms with Gasteiger partial charge in [-0.3, -0.25) is 4.79 Å². The Morgan fingerprint density at radius 2 is 1.96 bits per heavy atom. The van der Waals surface area contributed by atoms with Crippen molar-refractivity contribution in [2.75, 3.05) is 30.8 Å². The van der Waals surface area contributed by atoms with Crippen LogP contribution in [0, 0.1) is 0 Å². The zero-order valence-electron chi connectivity index (χ0n) is 14.2. The van der Waals surface area contributed by atoms with E-state index in [-0.39, 0.29) is 5.91 Å². The van der Waals surface area contributed by atoms with Crippen LogP contribution in [0.2, 0.25) is 5.15 Å². The summed E-state index contributed by atoms with van der Waals surface area (Å²) in [5.41, 5.74) is 0. The second-order valence-electron chi connectivity index (χ2n) is 6.61. The van der Waals surface area contributed by atoms with E-state index in [2.05, 4.69) is 21.9 Å². The lowest BCUT2D eigenvalue weighted by Gasteiger charge is -2.32. The molecule has 1 aromatic rings. The van der Waals surface area contributed by atoms with Gasteiger partial charge >= 0.3 is 0 Å². The molecule has 1 saturated carbocycles. The van der Waals surface area contributed by atoms with E-state index in [0.29, 0.717) is 22.1 Å². The highest BCUT2D eigenvalue weighted by Crippen LogP contribution is 2.28. The summed E-state index contributed by atoms with van der Waals surface area (Å²) in [6, 6.07) is 2.34. The molecular weight excluding hydrogens is 344 g/mol. The van der Waals surface area contributed by atoms with Crippen molar-refractivity contribution in [3.8, 4) is 0 Å². The zero-order chi connectivity index (χ0) is 16.9. The van der Waals surface area contributed by atoms with Crippen molar-refractivity contribution in [2.45, 2.75) is 56.1 Å². The van der Waals surface area contributed by atoms with E-state index in [9.17, 15) is 4.79 Å². The molecule has 1 aliphatic carbocycles. The Kier molecular flexibility index (Phi) is 6.22. The lowest BCUT2D eigenvalue weighted by atomic mass is 9.94. The molecule has 7 heteroatoms. The van der Waals surface area contributed by atoms with E-state index in [1.165, 1.54) is 43.9 Å². The van der Waals surface area contributed by atoms with Crippen LogP contribution in [0.25, 0.3) is 0 Å². The van der Waals surface area contributed by atoms with Crippen LogP contribution in [0.15, 0.2) is 11.2 Å². The normalized spacial score (nSPS) is 18.8. The number of carbonyl (C=O) groups is 1. The van der Waals surface area contributed by atoms with Crippen LogP contribution in [0.4, 0.5) is 5.82 Å². The van der Waals surface area contributed by atoms with Crippen molar-refractivity contribution in [3.05, 3.63) is 11.2 Å². The Morgan fingerprint density at radius 3 is 2.67 bits per heavy atom. The first-order valence-electron chi connectivity index (χ1n) is 8.81. The van der Waals surface area contributed by atoms with Crippen LogP contribution in [-0.4, -0.2) is 52.7 Å². The van der Waals surface area contributed by atoms with Crippen LogP contribution in [0.5, 0.6) is 0 Å². The van der Waals surface area contributed by atoms with Crippen LogP contribution >= 0.6 is 23.4 Å². The molecule has 1 saturated heterocycles. The molecule has 1 amide bonds. The first-order chi connectivity index (χ1) is 11.6. The maximum atomic E-state index is 12.2. The minimum absolute atomic E-state index is 0.170. The lowest BCUT2D eigenvalue weighted by Crippen LogP contribution is -2.34. The van der Waals surface area contributed by atoms with Gasteiger partial charge in [0.1, 0.15) is 11.0 Å². The fraction of sp³-hybridized carbons (Fsp3) is 0.706. The highest BCUT2D eigenvalue weighted by atomic mass is 35.5. The van der Waals surface area contributed by atoms with Gasteiger partial charge in [-0.2, -0.15) is 0 Å². The summed E-state index contributed by atoms with van der Waals surface area (Å²) in [5, 5.41) is 1.03. The highest BCUT2D eigenvalue weighted by molar-refractivity contribution is 7.99. The van der Waals surface area contributed by atoms with Crippen LogP contribution in [0.1, 0.15) is 44.9 Å². The van der Waals surface area contributed by atoms with Crippen LogP contribution in [-0.2, 0) is 4.79 Å². The standard InChI is InChI=1S/C17H25ClN4OS/c1-21(13-7-3-2-4-8-13)15-11-14(18)19-17(20-15)24-12-16(23)22-9-5-6-10-22/h11,13H,2-10,12H2,1H3. The minimum Gasteiger partial charge on any atom is -0.357 e. The Bertz CT molecular complexity index is 574. The Hall–Kier alpha value is -1.01. The number of anilines is 1. The number of carbonyl (C=O) groups excluding carboxylic acids is 1. The molecule has 5 nitrogen and oxygen atoms in total. The minimum atomic E-state index is 0.170. The van der Waals surface area contributed by atoms with Crippen molar-refractivity contribution < 1.29 is 4.79 Å². The molecule has 1 aromatic heterocycles. The second kappa shape index (κ2) is 8.39. The number of thioether (sulfide) groups is 1. The van der Waals surface area contributed by atoms with E-state index < -0.39 is 0 Å². The molecule has 0 unspecified atom stereocenters. The van der Waals surface area contributed by atoms with E-state index in [1.807, 2.05) is 11.0 Å². The van der Waals surface area contributed by atoms with Gasteiger partial charge in [0, 0.05) is 32.2 Å². The van der Waals surface area contributed by atoms with Crippen molar-refractivity contribution in [1.29, 1.82) is 0 Å². The number of hydrogen-bond acceptors (Lipinski definition) is 5. The van der Waals surface area contributed by atoms with Gasteiger partial charge in [-0.15, -0.1) is 0 Å². The average molecular weight is 369 g/mol. The summed E-state index contributed by atoms with van der Waals surface area (Å²) in [4.78, 5) is 25.2. The molecule has 0 N–H and O–H groups in total. The zero-order valence-corrected chi connectivity index (χ0v) is 15.8. The molecule has 3 rings (SSSR count). The maximum Gasteiger partial charge on any atom is 0.233 e. The molecule has 0 aromatic carbocycles. The summed E-state index contributed by atoms with van der Waals surface area (Å²) in [6.07, 6.45) is 8.51. The Balaban J connectivity index is 1.63. The van der Waals surface area contributed by atoms with Crippen molar-refractivity contribution in [3.63, 3.8) is 0 Å². The lowest BCUT2D eigenvalue weighted by molar-refractivity contribution is -0.127. The first-order valence-corrected chi connectivity index (χ1v) is 10.2. The second-order valence-corrected chi connectivity index (χ2v) is 7.94. The van der Waals surface area contributed by atoms with Crippen molar-refractivity contribution >= 4 is 35.1 Å². The molecule has 0 spiro atoms. The topological polar surface area (TPSA) is 49.3 Å². The molecule has 2 aliphatic rings. The number of hydrogen-bond donors (Lipinski definition) is 0. The van der Waals surface area contributed by atoms with Gasteiger partial charge in [0.2, 0.25) is 5.91 Å². The monoisotopic (exact) mass is 368 g/mol. The molecular formula is C17H25ClN4OS. The first kappa shape index (κ1) is 17.8. The van der Waals surface area contributed by atoms with Crippen molar-refractivity contribution in [1.82, 2.24) is 14.9 Å². The molecule has 1 aliphatic heterocycles. The summed E-state index contributed by atoms with van der Waals surface area (Å²) in [7, 11) is 2.08. The summed E-state index contributed by atoms with van der Waals surface area (Å²) in [6.45, 7) is 1.76. The smallest absolute Gasteiger partial charge is 0.233 e. The number of halogens is 1.